The van der Waals surface area contributed by atoms with Crippen LogP contribution in [0.15, 0.2) is 24.3 Å². The standard InChI is InChI=1S/C18H23N3O5S/c22-16(19-9-13-27(25,26)20-10-3-4-11-20)8-5-12-21-17(23)14-6-1-2-7-15(14)18(21)24/h1-2,6-7H,3-5,8-13H2,(H,19,22). The van der Waals surface area contributed by atoms with E-state index in [1.54, 1.807) is 24.3 Å². The highest BCUT2D eigenvalue weighted by atomic mass is 32.2. The minimum atomic E-state index is -3.31. The lowest BCUT2D eigenvalue weighted by Gasteiger charge is -2.16. The Labute approximate surface area is 158 Å². The fourth-order valence-electron chi connectivity index (χ4n) is 3.34. The molecule has 0 spiro atoms. The zero-order valence-corrected chi connectivity index (χ0v) is 15.8. The van der Waals surface area contributed by atoms with Gasteiger partial charge in [0, 0.05) is 32.6 Å². The molecule has 0 saturated carbocycles. The van der Waals surface area contributed by atoms with Crippen LogP contribution in [0.1, 0.15) is 46.4 Å². The van der Waals surface area contributed by atoms with E-state index in [0.717, 1.165) is 17.7 Å². The third-order valence-electron chi connectivity index (χ3n) is 4.80. The number of nitrogens with one attached hydrogen (secondary N) is 1. The summed E-state index contributed by atoms with van der Waals surface area (Å²) in [6, 6.07) is 6.64. The van der Waals surface area contributed by atoms with E-state index in [1.165, 1.54) is 4.31 Å². The van der Waals surface area contributed by atoms with E-state index >= 15 is 0 Å². The molecule has 1 N–H and O–H groups in total. The van der Waals surface area contributed by atoms with E-state index in [0.29, 0.717) is 30.6 Å². The summed E-state index contributed by atoms with van der Waals surface area (Å²) in [6.07, 6.45) is 2.21. The number of imide groups is 1. The molecule has 8 nitrogen and oxygen atoms in total. The smallest absolute Gasteiger partial charge is 0.261 e. The summed E-state index contributed by atoms with van der Waals surface area (Å²) in [4.78, 5) is 37.5. The van der Waals surface area contributed by atoms with E-state index in [1.807, 2.05) is 0 Å². The van der Waals surface area contributed by atoms with E-state index in [4.69, 9.17) is 0 Å². The third kappa shape index (κ3) is 4.36. The molecule has 0 bridgehead atoms. The van der Waals surface area contributed by atoms with Gasteiger partial charge in [0.1, 0.15) is 0 Å². The Morgan fingerprint density at radius 1 is 1.04 bits per heavy atom. The van der Waals surface area contributed by atoms with Crippen molar-refractivity contribution in [1.29, 1.82) is 0 Å². The quantitative estimate of drug-likeness (QED) is 0.652. The van der Waals surface area contributed by atoms with Gasteiger partial charge >= 0.3 is 0 Å². The van der Waals surface area contributed by atoms with Crippen LogP contribution in [-0.4, -0.2) is 67.3 Å². The first-order valence-corrected chi connectivity index (χ1v) is 10.7. The molecule has 1 aromatic rings. The van der Waals surface area contributed by atoms with Crippen LogP contribution in [0.4, 0.5) is 0 Å². The van der Waals surface area contributed by atoms with Gasteiger partial charge in [-0.15, -0.1) is 0 Å². The molecule has 0 radical (unpaired) electrons. The van der Waals surface area contributed by atoms with E-state index in [2.05, 4.69) is 5.32 Å². The van der Waals surface area contributed by atoms with Gasteiger partial charge in [-0.25, -0.2) is 12.7 Å². The normalized spacial score (nSPS) is 17.4. The lowest BCUT2D eigenvalue weighted by atomic mass is 10.1. The number of carbonyl (C=O) groups is 3. The van der Waals surface area contributed by atoms with Crippen LogP contribution in [0.25, 0.3) is 0 Å². The van der Waals surface area contributed by atoms with Gasteiger partial charge in [0.2, 0.25) is 15.9 Å². The molecule has 2 aliphatic heterocycles. The molecule has 2 heterocycles. The van der Waals surface area contributed by atoms with Crippen LogP contribution < -0.4 is 5.32 Å². The number of amides is 3. The van der Waals surface area contributed by atoms with Crippen molar-refractivity contribution in [2.75, 3.05) is 31.9 Å². The van der Waals surface area contributed by atoms with Gasteiger partial charge in [0.25, 0.3) is 11.8 Å². The van der Waals surface area contributed by atoms with Crippen molar-refractivity contribution in [3.8, 4) is 0 Å². The summed E-state index contributed by atoms with van der Waals surface area (Å²) in [6.45, 7) is 1.32. The Morgan fingerprint density at radius 3 is 2.22 bits per heavy atom. The third-order valence-corrected chi connectivity index (χ3v) is 6.68. The van der Waals surface area contributed by atoms with Crippen molar-refractivity contribution in [3.63, 3.8) is 0 Å². The van der Waals surface area contributed by atoms with Crippen molar-refractivity contribution in [2.24, 2.45) is 0 Å². The highest BCUT2D eigenvalue weighted by Gasteiger charge is 2.34. The maximum atomic E-state index is 12.2. The number of fused-ring (bicyclic) bond motifs is 1. The number of sulfonamides is 1. The second-order valence-electron chi connectivity index (χ2n) is 6.68. The Bertz CT molecular complexity index is 811. The molecule has 1 fully saturated rings. The lowest BCUT2D eigenvalue weighted by Crippen LogP contribution is -2.36. The van der Waals surface area contributed by atoms with E-state index in [-0.39, 0.29) is 43.0 Å². The minimum absolute atomic E-state index is 0.0602. The first kappa shape index (κ1) is 19.5. The van der Waals surface area contributed by atoms with E-state index < -0.39 is 10.0 Å². The molecule has 0 unspecified atom stereocenters. The highest BCUT2D eigenvalue weighted by molar-refractivity contribution is 7.89. The molecule has 146 valence electrons. The average Bonchev–Trinajstić information content (AvgIpc) is 3.26. The van der Waals surface area contributed by atoms with Crippen LogP contribution >= 0.6 is 0 Å². The van der Waals surface area contributed by atoms with Crippen molar-refractivity contribution in [2.45, 2.75) is 25.7 Å². The summed E-state index contributed by atoms with van der Waals surface area (Å²) in [5, 5.41) is 2.59. The average molecular weight is 393 g/mol. The zero-order chi connectivity index (χ0) is 19.4. The summed E-state index contributed by atoms with van der Waals surface area (Å²) < 4.78 is 25.6. The van der Waals surface area contributed by atoms with Crippen LogP contribution in [-0.2, 0) is 14.8 Å². The van der Waals surface area contributed by atoms with Gasteiger partial charge in [-0.2, -0.15) is 0 Å². The fourth-order valence-corrected chi connectivity index (χ4v) is 4.78. The monoisotopic (exact) mass is 393 g/mol. The van der Waals surface area contributed by atoms with E-state index in [9.17, 15) is 22.8 Å². The molecule has 9 heteroatoms. The minimum Gasteiger partial charge on any atom is -0.355 e. The molecule has 0 atom stereocenters. The van der Waals surface area contributed by atoms with Gasteiger partial charge in [0.05, 0.1) is 16.9 Å². The first-order chi connectivity index (χ1) is 12.9. The van der Waals surface area contributed by atoms with Crippen LogP contribution in [0, 0.1) is 0 Å². The topological polar surface area (TPSA) is 104 Å². The molecule has 3 rings (SSSR count). The van der Waals surface area contributed by atoms with Gasteiger partial charge in [0.15, 0.2) is 0 Å². The number of hydrogen-bond acceptors (Lipinski definition) is 5. The summed E-state index contributed by atoms with van der Waals surface area (Å²) in [5.41, 5.74) is 0.776. The first-order valence-electron chi connectivity index (χ1n) is 9.10. The van der Waals surface area contributed by atoms with Crippen LogP contribution in [0.5, 0.6) is 0 Å². The van der Waals surface area contributed by atoms with Crippen molar-refractivity contribution in [1.82, 2.24) is 14.5 Å². The molecule has 2 aliphatic rings. The maximum absolute atomic E-state index is 12.2. The number of benzene rings is 1. The molecular formula is C18H23N3O5S. The molecule has 27 heavy (non-hydrogen) atoms. The predicted octanol–water partition coefficient (Wildman–Crippen LogP) is 0.605. The Hall–Kier alpha value is -2.26. The van der Waals surface area contributed by atoms with Crippen molar-refractivity contribution in [3.05, 3.63) is 35.4 Å². The Morgan fingerprint density at radius 2 is 1.63 bits per heavy atom. The Balaban J connectivity index is 1.39. The fraction of sp³-hybridized carbons (Fsp3) is 0.500. The van der Waals surface area contributed by atoms with Gasteiger partial charge in [-0.05, 0) is 31.4 Å². The lowest BCUT2D eigenvalue weighted by molar-refractivity contribution is -0.121. The molecule has 0 aliphatic carbocycles. The largest absolute Gasteiger partial charge is 0.355 e. The number of carbonyl (C=O) groups excluding carboxylic acids is 3. The summed E-state index contributed by atoms with van der Waals surface area (Å²) >= 11 is 0. The zero-order valence-electron chi connectivity index (χ0n) is 15.0. The number of rotatable bonds is 8. The summed E-state index contributed by atoms with van der Waals surface area (Å²) in [7, 11) is -3.31. The molecule has 3 amide bonds. The maximum Gasteiger partial charge on any atom is 0.261 e. The number of nitrogens with zero attached hydrogens (tertiary/aromatic N) is 2. The highest BCUT2D eigenvalue weighted by Crippen LogP contribution is 2.22. The van der Waals surface area contributed by atoms with Crippen molar-refractivity contribution >= 4 is 27.7 Å². The van der Waals surface area contributed by atoms with Crippen LogP contribution in [0.3, 0.4) is 0 Å². The van der Waals surface area contributed by atoms with Gasteiger partial charge in [-0.1, -0.05) is 12.1 Å². The second kappa shape index (κ2) is 8.18. The van der Waals surface area contributed by atoms with Crippen molar-refractivity contribution < 1.29 is 22.8 Å². The summed E-state index contributed by atoms with van der Waals surface area (Å²) in [5.74, 6) is -1.08. The predicted molar refractivity (Wildman–Crippen MR) is 98.6 cm³/mol. The molecule has 1 aromatic carbocycles. The Kier molecular flexibility index (Phi) is 5.91. The van der Waals surface area contributed by atoms with Gasteiger partial charge < -0.3 is 5.32 Å². The molecular weight excluding hydrogens is 370 g/mol. The molecule has 1 saturated heterocycles. The van der Waals surface area contributed by atoms with Crippen LogP contribution in [0.2, 0.25) is 0 Å². The number of hydrogen-bond donors (Lipinski definition) is 1. The SMILES string of the molecule is O=C(CCCN1C(=O)c2ccccc2C1=O)NCCS(=O)(=O)N1CCCC1. The molecule has 0 aromatic heterocycles. The van der Waals surface area contributed by atoms with Gasteiger partial charge in [-0.3, -0.25) is 19.3 Å². The second-order valence-corrected chi connectivity index (χ2v) is 8.77.